The SMILES string of the molecule is CCNCC(Cc1ccc(Br)cn1)c1ccc(C)cc1. The largest absolute Gasteiger partial charge is 0.316 e. The number of aromatic nitrogens is 1. The van der Waals surface area contributed by atoms with Crippen molar-refractivity contribution in [1.82, 2.24) is 10.3 Å². The molecule has 2 rings (SSSR count). The Kier molecular flexibility index (Phi) is 5.74. The van der Waals surface area contributed by atoms with Gasteiger partial charge in [0, 0.05) is 28.8 Å². The molecule has 3 heteroatoms. The molecule has 1 N–H and O–H groups in total. The van der Waals surface area contributed by atoms with Crippen LogP contribution in [0.3, 0.4) is 0 Å². The third-order valence-corrected chi connectivity index (χ3v) is 3.90. The van der Waals surface area contributed by atoms with Crippen molar-refractivity contribution in [2.75, 3.05) is 13.1 Å². The van der Waals surface area contributed by atoms with Gasteiger partial charge in [0.05, 0.1) is 0 Å². The van der Waals surface area contributed by atoms with Crippen LogP contribution in [0, 0.1) is 6.92 Å². The molecule has 1 unspecified atom stereocenters. The van der Waals surface area contributed by atoms with Gasteiger partial charge in [-0.15, -0.1) is 0 Å². The van der Waals surface area contributed by atoms with Gasteiger partial charge < -0.3 is 5.32 Å². The van der Waals surface area contributed by atoms with Gasteiger partial charge in [-0.25, -0.2) is 0 Å². The highest BCUT2D eigenvalue weighted by Gasteiger charge is 2.12. The number of hydrogen-bond acceptors (Lipinski definition) is 2. The van der Waals surface area contributed by atoms with Crippen LogP contribution in [0.15, 0.2) is 47.1 Å². The molecule has 0 bridgehead atoms. The van der Waals surface area contributed by atoms with Crippen LogP contribution in [-0.2, 0) is 6.42 Å². The number of rotatable bonds is 6. The van der Waals surface area contributed by atoms with E-state index < -0.39 is 0 Å². The molecule has 2 aromatic rings. The molecular weight excluding hydrogens is 312 g/mol. The van der Waals surface area contributed by atoms with E-state index in [0.29, 0.717) is 5.92 Å². The average molecular weight is 333 g/mol. The van der Waals surface area contributed by atoms with Crippen LogP contribution >= 0.6 is 15.9 Å². The Hall–Kier alpha value is -1.19. The highest BCUT2D eigenvalue weighted by Crippen LogP contribution is 2.21. The number of hydrogen-bond donors (Lipinski definition) is 1. The van der Waals surface area contributed by atoms with Crippen LogP contribution in [0.5, 0.6) is 0 Å². The second-order valence-corrected chi connectivity index (χ2v) is 6.00. The number of nitrogens with zero attached hydrogens (tertiary/aromatic N) is 1. The van der Waals surface area contributed by atoms with Crippen LogP contribution in [-0.4, -0.2) is 18.1 Å². The van der Waals surface area contributed by atoms with E-state index in [2.05, 4.69) is 76.5 Å². The van der Waals surface area contributed by atoms with Gasteiger partial charge in [-0.05, 0) is 53.5 Å². The number of halogens is 1. The Morgan fingerprint density at radius 3 is 2.50 bits per heavy atom. The van der Waals surface area contributed by atoms with E-state index in [1.54, 1.807) is 0 Å². The van der Waals surface area contributed by atoms with Gasteiger partial charge >= 0.3 is 0 Å². The van der Waals surface area contributed by atoms with Gasteiger partial charge in [0.15, 0.2) is 0 Å². The molecule has 0 saturated carbocycles. The smallest absolute Gasteiger partial charge is 0.0413 e. The van der Waals surface area contributed by atoms with Gasteiger partial charge in [-0.3, -0.25) is 4.98 Å². The fourth-order valence-electron chi connectivity index (χ4n) is 2.24. The third kappa shape index (κ3) is 4.43. The quantitative estimate of drug-likeness (QED) is 0.861. The first-order valence-electron chi connectivity index (χ1n) is 7.06. The minimum absolute atomic E-state index is 0.462. The molecule has 0 saturated heterocycles. The maximum absolute atomic E-state index is 4.49. The fraction of sp³-hybridized carbons (Fsp3) is 0.353. The molecule has 0 aliphatic rings. The van der Waals surface area contributed by atoms with Crippen molar-refractivity contribution in [3.63, 3.8) is 0 Å². The van der Waals surface area contributed by atoms with Crippen LogP contribution in [0.2, 0.25) is 0 Å². The molecule has 2 nitrogen and oxygen atoms in total. The van der Waals surface area contributed by atoms with Gasteiger partial charge in [-0.1, -0.05) is 36.8 Å². The molecule has 1 heterocycles. The summed E-state index contributed by atoms with van der Waals surface area (Å²) < 4.78 is 1.03. The van der Waals surface area contributed by atoms with Crippen molar-refractivity contribution >= 4 is 15.9 Å². The van der Waals surface area contributed by atoms with E-state index >= 15 is 0 Å². The first-order chi connectivity index (χ1) is 9.69. The van der Waals surface area contributed by atoms with E-state index in [1.807, 2.05) is 6.20 Å². The molecule has 0 aliphatic carbocycles. The summed E-state index contributed by atoms with van der Waals surface area (Å²) >= 11 is 3.43. The topological polar surface area (TPSA) is 24.9 Å². The Morgan fingerprint density at radius 2 is 1.90 bits per heavy atom. The Bertz CT molecular complexity index is 520. The summed E-state index contributed by atoms with van der Waals surface area (Å²) in [5, 5.41) is 3.46. The summed E-state index contributed by atoms with van der Waals surface area (Å²) in [4.78, 5) is 4.49. The highest BCUT2D eigenvalue weighted by atomic mass is 79.9. The minimum Gasteiger partial charge on any atom is -0.316 e. The van der Waals surface area contributed by atoms with Crippen LogP contribution in [0.4, 0.5) is 0 Å². The van der Waals surface area contributed by atoms with Gasteiger partial charge in [0.2, 0.25) is 0 Å². The summed E-state index contributed by atoms with van der Waals surface area (Å²) in [6.07, 6.45) is 2.83. The zero-order valence-electron chi connectivity index (χ0n) is 12.1. The zero-order valence-corrected chi connectivity index (χ0v) is 13.7. The lowest BCUT2D eigenvalue weighted by molar-refractivity contribution is 0.589. The van der Waals surface area contributed by atoms with E-state index in [9.17, 15) is 0 Å². The maximum atomic E-state index is 4.49. The lowest BCUT2D eigenvalue weighted by atomic mass is 9.93. The number of nitrogens with one attached hydrogen (secondary N) is 1. The van der Waals surface area contributed by atoms with E-state index in [-0.39, 0.29) is 0 Å². The zero-order chi connectivity index (χ0) is 14.4. The number of benzene rings is 1. The van der Waals surface area contributed by atoms with Crippen molar-refractivity contribution in [2.24, 2.45) is 0 Å². The average Bonchev–Trinajstić information content (AvgIpc) is 2.46. The van der Waals surface area contributed by atoms with Crippen molar-refractivity contribution in [2.45, 2.75) is 26.2 Å². The lowest BCUT2D eigenvalue weighted by Crippen LogP contribution is -2.23. The van der Waals surface area contributed by atoms with E-state index in [1.165, 1.54) is 11.1 Å². The van der Waals surface area contributed by atoms with Crippen molar-refractivity contribution in [3.05, 3.63) is 63.9 Å². The number of pyridine rings is 1. The predicted molar refractivity (Wildman–Crippen MR) is 88.1 cm³/mol. The molecule has 0 radical (unpaired) electrons. The molecular formula is C17H21BrN2. The summed E-state index contributed by atoms with van der Waals surface area (Å²) in [6, 6.07) is 13.0. The third-order valence-electron chi connectivity index (χ3n) is 3.43. The van der Waals surface area contributed by atoms with Gasteiger partial charge in [0.25, 0.3) is 0 Å². The predicted octanol–water partition coefficient (Wildman–Crippen LogP) is 4.09. The molecule has 1 aromatic heterocycles. The number of aryl methyl sites for hydroxylation is 1. The molecule has 1 atom stereocenters. The summed E-state index contributed by atoms with van der Waals surface area (Å²) in [6.45, 7) is 6.25. The number of likely N-dealkylation sites (N-methyl/N-ethyl adjacent to an activating group) is 1. The second kappa shape index (κ2) is 7.55. The monoisotopic (exact) mass is 332 g/mol. The van der Waals surface area contributed by atoms with Crippen LogP contribution in [0.1, 0.15) is 29.7 Å². The Labute approximate surface area is 129 Å². The van der Waals surface area contributed by atoms with E-state index in [4.69, 9.17) is 0 Å². The summed E-state index contributed by atoms with van der Waals surface area (Å²) in [7, 11) is 0. The Morgan fingerprint density at radius 1 is 1.15 bits per heavy atom. The van der Waals surface area contributed by atoms with Crippen molar-refractivity contribution in [1.29, 1.82) is 0 Å². The van der Waals surface area contributed by atoms with E-state index in [0.717, 1.165) is 29.7 Å². The standard InChI is InChI=1S/C17H21BrN2/c1-3-19-11-15(14-6-4-13(2)5-7-14)10-17-9-8-16(18)12-20-17/h4-9,12,15,19H,3,10-11H2,1-2H3. The first kappa shape index (κ1) is 15.2. The molecule has 0 aliphatic heterocycles. The lowest BCUT2D eigenvalue weighted by Gasteiger charge is -2.18. The van der Waals surface area contributed by atoms with Gasteiger partial charge in [-0.2, -0.15) is 0 Å². The van der Waals surface area contributed by atoms with Crippen LogP contribution in [0.25, 0.3) is 0 Å². The van der Waals surface area contributed by atoms with Gasteiger partial charge in [0.1, 0.15) is 0 Å². The Balaban J connectivity index is 2.14. The summed E-state index contributed by atoms with van der Waals surface area (Å²) in [5.74, 6) is 0.462. The molecule has 0 amide bonds. The van der Waals surface area contributed by atoms with Crippen molar-refractivity contribution in [3.8, 4) is 0 Å². The molecule has 1 aromatic carbocycles. The first-order valence-corrected chi connectivity index (χ1v) is 7.86. The minimum atomic E-state index is 0.462. The van der Waals surface area contributed by atoms with Crippen LogP contribution < -0.4 is 5.32 Å². The highest BCUT2D eigenvalue weighted by molar-refractivity contribution is 9.10. The second-order valence-electron chi connectivity index (χ2n) is 5.09. The summed E-state index contributed by atoms with van der Waals surface area (Å²) in [5.41, 5.74) is 3.82. The normalized spacial score (nSPS) is 12.3. The molecule has 0 spiro atoms. The van der Waals surface area contributed by atoms with Crippen molar-refractivity contribution < 1.29 is 0 Å². The molecule has 0 fully saturated rings. The molecule has 20 heavy (non-hydrogen) atoms. The molecule has 106 valence electrons. The fourth-order valence-corrected chi connectivity index (χ4v) is 2.48. The maximum Gasteiger partial charge on any atom is 0.0413 e.